The maximum atomic E-state index is 14.9. The molecule has 7 nitrogen and oxygen atoms in total. The number of benzene rings is 1. The molecule has 1 aromatic carbocycles. The summed E-state index contributed by atoms with van der Waals surface area (Å²) in [6, 6.07) is 6.55. The number of fused-ring (bicyclic) bond motifs is 1. The van der Waals surface area contributed by atoms with E-state index in [0.29, 0.717) is 58.8 Å². The van der Waals surface area contributed by atoms with Crippen molar-refractivity contribution in [3.8, 4) is 11.3 Å². The summed E-state index contributed by atoms with van der Waals surface area (Å²) in [6.45, 7) is 7.35. The van der Waals surface area contributed by atoms with Crippen LogP contribution in [0.5, 0.6) is 0 Å². The molecule has 4 aromatic rings. The Kier molecular flexibility index (Phi) is 5.64. The molecule has 1 aliphatic rings. The highest BCUT2D eigenvalue weighted by atomic mass is 35.5. The number of ether oxygens (including phenoxy) is 1. The lowest BCUT2D eigenvalue weighted by Gasteiger charge is -2.33. The zero-order valence-electron chi connectivity index (χ0n) is 18.5. The van der Waals surface area contributed by atoms with Crippen molar-refractivity contribution in [1.29, 1.82) is 0 Å². The highest BCUT2D eigenvalue weighted by Gasteiger charge is 2.26. The third kappa shape index (κ3) is 4.24. The van der Waals surface area contributed by atoms with Crippen LogP contribution in [0.2, 0.25) is 5.02 Å². The van der Waals surface area contributed by atoms with Crippen LogP contribution < -0.4 is 4.90 Å². The molecule has 0 amide bonds. The van der Waals surface area contributed by atoms with E-state index >= 15 is 0 Å². The molecule has 0 bridgehead atoms. The van der Waals surface area contributed by atoms with E-state index in [1.165, 1.54) is 6.07 Å². The van der Waals surface area contributed by atoms with Crippen LogP contribution in [-0.2, 0) is 4.74 Å². The van der Waals surface area contributed by atoms with Crippen molar-refractivity contribution in [3.63, 3.8) is 0 Å². The molecular formula is C24H22ClFN6O. The summed E-state index contributed by atoms with van der Waals surface area (Å²) in [4.78, 5) is 24.8. The van der Waals surface area contributed by atoms with Gasteiger partial charge in [0.25, 0.3) is 0 Å². The number of morpholine rings is 1. The lowest BCUT2D eigenvalue weighted by atomic mass is 10.1. The Hall–Kier alpha value is -3.23. The normalized spacial score (nSPS) is 16.4. The van der Waals surface area contributed by atoms with Gasteiger partial charge in [-0.2, -0.15) is 4.98 Å². The number of hydrogen-bond donors (Lipinski definition) is 0. The fourth-order valence-electron chi connectivity index (χ4n) is 3.86. The van der Waals surface area contributed by atoms with E-state index in [2.05, 4.69) is 15.0 Å². The van der Waals surface area contributed by atoms with Crippen LogP contribution in [0.3, 0.4) is 0 Å². The average molecular weight is 465 g/mol. The lowest BCUT2D eigenvalue weighted by molar-refractivity contribution is 0.0388. The first-order chi connectivity index (χ1) is 15.9. The summed E-state index contributed by atoms with van der Waals surface area (Å²) in [6.07, 6.45) is 3.34. The minimum atomic E-state index is -0.441. The number of nitrogens with zero attached hydrogens (tertiary/aromatic N) is 6. The van der Waals surface area contributed by atoms with Crippen molar-refractivity contribution in [3.05, 3.63) is 70.1 Å². The summed E-state index contributed by atoms with van der Waals surface area (Å²) < 4.78 is 20.9. The van der Waals surface area contributed by atoms with Crippen LogP contribution in [0.1, 0.15) is 28.7 Å². The largest absolute Gasteiger partial charge is 0.370 e. The minimum absolute atomic E-state index is 0.220. The van der Waals surface area contributed by atoms with Gasteiger partial charge in [0.05, 0.1) is 18.8 Å². The van der Waals surface area contributed by atoms with Crippen molar-refractivity contribution in [1.82, 2.24) is 24.9 Å². The molecule has 1 unspecified atom stereocenters. The molecule has 4 heterocycles. The zero-order chi connectivity index (χ0) is 23.1. The molecule has 1 aliphatic heterocycles. The van der Waals surface area contributed by atoms with E-state index in [4.69, 9.17) is 26.3 Å². The third-order valence-electron chi connectivity index (χ3n) is 5.83. The van der Waals surface area contributed by atoms with Gasteiger partial charge in [-0.05, 0) is 50.6 Å². The fraction of sp³-hybridized carbons (Fsp3) is 0.292. The summed E-state index contributed by atoms with van der Waals surface area (Å²) in [5, 5.41) is 1.02. The quantitative estimate of drug-likeness (QED) is 0.432. The van der Waals surface area contributed by atoms with Gasteiger partial charge in [-0.1, -0.05) is 11.6 Å². The van der Waals surface area contributed by atoms with E-state index in [9.17, 15) is 4.39 Å². The van der Waals surface area contributed by atoms with Crippen LogP contribution in [-0.4, -0.2) is 44.6 Å². The Balaban J connectivity index is 1.61. The molecule has 9 heteroatoms. The highest BCUT2D eigenvalue weighted by Crippen LogP contribution is 2.33. The Morgan fingerprint density at radius 1 is 1.06 bits per heavy atom. The maximum absolute atomic E-state index is 14.9. The van der Waals surface area contributed by atoms with Gasteiger partial charge in [0.15, 0.2) is 5.65 Å². The van der Waals surface area contributed by atoms with Crippen LogP contribution in [0.25, 0.3) is 22.3 Å². The van der Waals surface area contributed by atoms with E-state index < -0.39 is 5.82 Å². The molecule has 0 spiro atoms. The SMILES string of the molecule is Cc1ncc(C2CN(c3nc(-c4ccc(Cl)cc4F)c4cc(C)c(C)nc4n3)CCO2)cn1. The van der Waals surface area contributed by atoms with Crippen LogP contribution in [0.15, 0.2) is 36.7 Å². The molecule has 1 fully saturated rings. The van der Waals surface area contributed by atoms with Gasteiger partial charge in [0.2, 0.25) is 5.95 Å². The van der Waals surface area contributed by atoms with Crippen molar-refractivity contribution < 1.29 is 9.13 Å². The van der Waals surface area contributed by atoms with Gasteiger partial charge in [-0.15, -0.1) is 0 Å². The Morgan fingerprint density at radius 3 is 2.61 bits per heavy atom. The molecule has 0 radical (unpaired) electrons. The number of anilines is 1. The molecular weight excluding hydrogens is 443 g/mol. The second-order valence-corrected chi connectivity index (χ2v) is 8.56. The highest BCUT2D eigenvalue weighted by molar-refractivity contribution is 6.30. The van der Waals surface area contributed by atoms with E-state index in [1.54, 1.807) is 24.5 Å². The van der Waals surface area contributed by atoms with E-state index in [0.717, 1.165) is 16.8 Å². The van der Waals surface area contributed by atoms with Gasteiger partial charge in [-0.3, -0.25) is 0 Å². The first-order valence-electron chi connectivity index (χ1n) is 10.7. The van der Waals surface area contributed by atoms with Gasteiger partial charge < -0.3 is 9.64 Å². The number of halogens is 2. The predicted octanol–water partition coefficient (Wildman–Crippen LogP) is 4.78. The van der Waals surface area contributed by atoms with Crippen LogP contribution >= 0.6 is 11.6 Å². The predicted molar refractivity (Wildman–Crippen MR) is 125 cm³/mol. The van der Waals surface area contributed by atoms with E-state index in [-0.39, 0.29) is 6.10 Å². The van der Waals surface area contributed by atoms with Crippen molar-refractivity contribution in [2.45, 2.75) is 26.9 Å². The molecule has 1 atom stereocenters. The smallest absolute Gasteiger partial charge is 0.228 e. The summed E-state index contributed by atoms with van der Waals surface area (Å²) >= 11 is 5.99. The van der Waals surface area contributed by atoms with Gasteiger partial charge >= 0.3 is 0 Å². The maximum Gasteiger partial charge on any atom is 0.228 e. The van der Waals surface area contributed by atoms with Crippen molar-refractivity contribution in [2.24, 2.45) is 0 Å². The molecule has 0 N–H and O–H groups in total. The number of aromatic nitrogens is 5. The molecule has 3 aromatic heterocycles. The summed E-state index contributed by atoms with van der Waals surface area (Å²) in [7, 11) is 0. The third-order valence-corrected chi connectivity index (χ3v) is 6.06. The number of rotatable bonds is 3. The van der Waals surface area contributed by atoms with Crippen molar-refractivity contribution >= 4 is 28.6 Å². The Bertz CT molecular complexity index is 1350. The van der Waals surface area contributed by atoms with Gasteiger partial charge in [-0.25, -0.2) is 24.3 Å². The first-order valence-corrected chi connectivity index (χ1v) is 11.0. The average Bonchev–Trinajstić information content (AvgIpc) is 2.80. The zero-order valence-corrected chi connectivity index (χ0v) is 19.3. The number of aryl methyl sites for hydroxylation is 3. The molecule has 33 heavy (non-hydrogen) atoms. The van der Waals surface area contributed by atoms with Gasteiger partial charge in [0.1, 0.15) is 17.7 Å². The van der Waals surface area contributed by atoms with Crippen LogP contribution in [0, 0.1) is 26.6 Å². The fourth-order valence-corrected chi connectivity index (χ4v) is 4.02. The minimum Gasteiger partial charge on any atom is -0.370 e. The summed E-state index contributed by atoms with van der Waals surface area (Å²) in [5.74, 6) is 0.739. The number of hydrogen-bond acceptors (Lipinski definition) is 7. The molecule has 0 saturated carbocycles. The summed E-state index contributed by atoms with van der Waals surface area (Å²) in [5.41, 5.74) is 4.11. The van der Waals surface area contributed by atoms with Crippen molar-refractivity contribution in [2.75, 3.05) is 24.6 Å². The first kappa shape index (κ1) is 21.6. The van der Waals surface area contributed by atoms with E-state index in [1.807, 2.05) is 31.7 Å². The standard InChI is InChI=1S/C24H22ClFN6O/c1-13-8-19-22(18-5-4-17(25)9-20(18)26)30-24(31-23(19)29-14(13)2)32-6-7-33-21(12-32)16-10-27-15(3)28-11-16/h4-5,8-11,21H,6-7,12H2,1-3H3. The Morgan fingerprint density at radius 2 is 1.85 bits per heavy atom. The molecule has 0 aliphatic carbocycles. The molecule has 1 saturated heterocycles. The monoisotopic (exact) mass is 464 g/mol. The molecule has 5 rings (SSSR count). The Labute approximate surface area is 195 Å². The van der Waals surface area contributed by atoms with Crippen LogP contribution in [0.4, 0.5) is 10.3 Å². The van der Waals surface area contributed by atoms with Gasteiger partial charge in [0, 0.05) is 46.2 Å². The molecule has 168 valence electrons. The topological polar surface area (TPSA) is 76.9 Å². The second-order valence-electron chi connectivity index (χ2n) is 8.13. The second kappa shape index (κ2) is 8.61. The number of pyridine rings is 1. The lowest BCUT2D eigenvalue weighted by Crippen LogP contribution is -2.39.